The van der Waals surface area contributed by atoms with Crippen LogP contribution in [-0.2, 0) is 13.1 Å². The number of nitriles is 1. The third-order valence-corrected chi connectivity index (χ3v) is 3.72. The first-order valence-electron chi connectivity index (χ1n) is 5.89. The lowest BCUT2D eigenvalue weighted by Gasteiger charge is -1.98. The minimum absolute atomic E-state index is 0.344. The summed E-state index contributed by atoms with van der Waals surface area (Å²) in [6, 6.07) is 13.5. The van der Waals surface area contributed by atoms with Gasteiger partial charge in [0.25, 0.3) is 0 Å². The summed E-state index contributed by atoms with van der Waals surface area (Å²) in [6.45, 7) is 1.29. The molecule has 0 spiro atoms. The molecule has 0 aliphatic carbocycles. The molecule has 1 N–H and O–H groups in total. The van der Waals surface area contributed by atoms with E-state index in [4.69, 9.17) is 9.68 Å². The molecule has 0 amide bonds. The average molecular weight is 269 g/mol. The number of aromatic nitrogens is 1. The molecule has 0 aliphatic rings. The predicted octanol–water partition coefficient (Wildman–Crippen LogP) is 3.05. The van der Waals surface area contributed by atoms with Gasteiger partial charge >= 0.3 is 0 Å². The standard InChI is InChI=1S/C14H11N3OS/c15-7-10-5-6-11(18-10)8-16-9-14-17-12-3-1-2-4-13(12)19-14/h1-6,16H,8-9H2. The molecule has 2 heterocycles. The first-order valence-corrected chi connectivity index (χ1v) is 6.71. The second kappa shape index (κ2) is 5.22. The van der Waals surface area contributed by atoms with Gasteiger partial charge in [-0.3, -0.25) is 0 Å². The second-order valence-electron chi connectivity index (χ2n) is 4.06. The summed E-state index contributed by atoms with van der Waals surface area (Å²) >= 11 is 1.69. The van der Waals surface area contributed by atoms with Crippen LogP contribution in [-0.4, -0.2) is 4.98 Å². The summed E-state index contributed by atoms with van der Waals surface area (Å²) in [6.07, 6.45) is 0. The summed E-state index contributed by atoms with van der Waals surface area (Å²) in [5.41, 5.74) is 1.04. The van der Waals surface area contributed by atoms with E-state index in [1.54, 1.807) is 17.4 Å². The lowest BCUT2D eigenvalue weighted by molar-refractivity contribution is 0.474. The number of nitrogens with zero attached hydrogens (tertiary/aromatic N) is 2. The zero-order valence-electron chi connectivity index (χ0n) is 10.1. The van der Waals surface area contributed by atoms with Crippen molar-refractivity contribution < 1.29 is 4.42 Å². The minimum atomic E-state index is 0.344. The summed E-state index contributed by atoms with van der Waals surface area (Å²) in [4.78, 5) is 4.54. The highest BCUT2D eigenvalue weighted by atomic mass is 32.1. The molecule has 3 aromatic rings. The highest BCUT2D eigenvalue weighted by Gasteiger charge is 2.04. The number of hydrogen-bond acceptors (Lipinski definition) is 5. The van der Waals surface area contributed by atoms with Gasteiger partial charge in [-0.1, -0.05) is 12.1 Å². The van der Waals surface area contributed by atoms with E-state index in [2.05, 4.69) is 16.4 Å². The third-order valence-electron chi connectivity index (χ3n) is 2.69. The number of hydrogen-bond donors (Lipinski definition) is 1. The Morgan fingerprint density at radius 3 is 2.89 bits per heavy atom. The number of thiazole rings is 1. The normalized spacial score (nSPS) is 10.7. The van der Waals surface area contributed by atoms with Gasteiger partial charge in [-0.2, -0.15) is 5.26 Å². The molecule has 94 valence electrons. The first kappa shape index (κ1) is 11.9. The number of para-hydroxylation sites is 1. The number of benzene rings is 1. The lowest BCUT2D eigenvalue weighted by Crippen LogP contribution is -2.11. The largest absolute Gasteiger partial charge is 0.449 e. The molecule has 0 bridgehead atoms. The topological polar surface area (TPSA) is 61.9 Å². The third kappa shape index (κ3) is 2.65. The lowest BCUT2D eigenvalue weighted by atomic mass is 10.3. The van der Waals surface area contributed by atoms with Crippen LogP contribution in [0.5, 0.6) is 0 Å². The van der Waals surface area contributed by atoms with Crippen LogP contribution < -0.4 is 5.32 Å². The number of rotatable bonds is 4. The zero-order chi connectivity index (χ0) is 13.1. The SMILES string of the molecule is N#Cc1ccc(CNCc2nc3ccccc3s2)o1. The van der Waals surface area contributed by atoms with Gasteiger partial charge in [0, 0.05) is 6.54 Å². The monoisotopic (exact) mass is 269 g/mol. The van der Waals surface area contributed by atoms with Crippen molar-refractivity contribution in [3.8, 4) is 6.07 Å². The van der Waals surface area contributed by atoms with E-state index in [0.29, 0.717) is 18.8 Å². The Balaban J connectivity index is 1.61. The summed E-state index contributed by atoms with van der Waals surface area (Å²) < 4.78 is 6.49. The molecule has 2 aromatic heterocycles. The Hall–Kier alpha value is -2.16. The van der Waals surface area contributed by atoms with Crippen molar-refractivity contribution >= 4 is 21.6 Å². The van der Waals surface area contributed by atoms with Gasteiger partial charge in [0.15, 0.2) is 0 Å². The van der Waals surface area contributed by atoms with Crippen LogP contribution in [0.4, 0.5) is 0 Å². The predicted molar refractivity (Wildman–Crippen MR) is 73.6 cm³/mol. The average Bonchev–Trinajstić information content (AvgIpc) is 3.04. The fourth-order valence-electron chi connectivity index (χ4n) is 1.82. The maximum atomic E-state index is 8.66. The van der Waals surface area contributed by atoms with Crippen LogP contribution >= 0.6 is 11.3 Å². The van der Waals surface area contributed by atoms with Crippen molar-refractivity contribution in [2.75, 3.05) is 0 Å². The molecule has 3 rings (SSSR count). The molecule has 0 atom stereocenters. The van der Waals surface area contributed by atoms with E-state index in [0.717, 1.165) is 16.3 Å². The van der Waals surface area contributed by atoms with E-state index >= 15 is 0 Å². The second-order valence-corrected chi connectivity index (χ2v) is 5.17. The zero-order valence-corrected chi connectivity index (χ0v) is 10.9. The summed E-state index contributed by atoms with van der Waals surface area (Å²) in [5.74, 6) is 1.11. The minimum Gasteiger partial charge on any atom is -0.449 e. The van der Waals surface area contributed by atoms with Gasteiger partial charge in [-0.15, -0.1) is 11.3 Å². The molecular formula is C14H11N3OS. The van der Waals surface area contributed by atoms with Crippen LogP contribution in [0.2, 0.25) is 0 Å². The fourth-order valence-corrected chi connectivity index (χ4v) is 2.76. The molecule has 5 heteroatoms. The maximum Gasteiger partial charge on any atom is 0.203 e. The molecule has 0 radical (unpaired) electrons. The Morgan fingerprint density at radius 1 is 1.21 bits per heavy atom. The summed E-state index contributed by atoms with van der Waals surface area (Å²) in [5, 5.41) is 13.0. The highest BCUT2D eigenvalue weighted by molar-refractivity contribution is 7.18. The Morgan fingerprint density at radius 2 is 2.11 bits per heavy atom. The Kier molecular flexibility index (Phi) is 3.27. The highest BCUT2D eigenvalue weighted by Crippen LogP contribution is 2.21. The number of nitrogens with one attached hydrogen (secondary N) is 1. The van der Waals surface area contributed by atoms with Gasteiger partial charge in [-0.25, -0.2) is 4.98 Å². The van der Waals surface area contributed by atoms with Crippen LogP contribution in [0.25, 0.3) is 10.2 Å². The number of fused-ring (bicyclic) bond motifs is 1. The molecule has 0 aliphatic heterocycles. The van der Waals surface area contributed by atoms with E-state index in [1.165, 1.54) is 4.70 Å². The van der Waals surface area contributed by atoms with Crippen LogP contribution in [0.15, 0.2) is 40.8 Å². The van der Waals surface area contributed by atoms with Crippen molar-refractivity contribution in [3.05, 3.63) is 52.9 Å². The van der Waals surface area contributed by atoms with Crippen molar-refractivity contribution in [2.24, 2.45) is 0 Å². The van der Waals surface area contributed by atoms with Gasteiger partial charge in [0.05, 0.1) is 16.8 Å². The van der Waals surface area contributed by atoms with Gasteiger partial charge in [0.2, 0.25) is 5.76 Å². The van der Waals surface area contributed by atoms with Crippen LogP contribution in [0.3, 0.4) is 0 Å². The van der Waals surface area contributed by atoms with Gasteiger partial charge in [-0.05, 0) is 24.3 Å². The van der Waals surface area contributed by atoms with Crippen LogP contribution in [0.1, 0.15) is 16.5 Å². The smallest absolute Gasteiger partial charge is 0.203 e. The molecule has 0 saturated heterocycles. The van der Waals surface area contributed by atoms with E-state index < -0.39 is 0 Å². The van der Waals surface area contributed by atoms with E-state index in [9.17, 15) is 0 Å². The molecule has 1 aromatic carbocycles. The molecule has 19 heavy (non-hydrogen) atoms. The maximum absolute atomic E-state index is 8.66. The molecule has 0 unspecified atom stereocenters. The van der Waals surface area contributed by atoms with Gasteiger partial charge in [0.1, 0.15) is 16.8 Å². The first-order chi connectivity index (χ1) is 9.35. The van der Waals surface area contributed by atoms with Crippen LogP contribution in [0, 0.1) is 11.3 Å². The Labute approximate surface area is 114 Å². The molecule has 0 saturated carbocycles. The fraction of sp³-hybridized carbons (Fsp3) is 0.143. The molecule has 4 nitrogen and oxygen atoms in total. The molecular weight excluding hydrogens is 258 g/mol. The van der Waals surface area contributed by atoms with Crippen molar-refractivity contribution in [1.29, 1.82) is 5.26 Å². The van der Waals surface area contributed by atoms with E-state index in [-0.39, 0.29) is 0 Å². The van der Waals surface area contributed by atoms with E-state index in [1.807, 2.05) is 30.3 Å². The van der Waals surface area contributed by atoms with Crippen molar-refractivity contribution in [2.45, 2.75) is 13.1 Å². The number of furan rings is 1. The quantitative estimate of drug-likeness (QED) is 0.790. The Bertz CT molecular complexity index is 705. The van der Waals surface area contributed by atoms with Crippen molar-refractivity contribution in [1.82, 2.24) is 10.3 Å². The van der Waals surface area contributed by atoms with Crippen molar-refractivity contribution in [3.63, 3.8) is 0 Å². The molecule has 0 fully saturated rings. The summed E-state index contributed by atoms with van der Waals surface area (Å²) in [7, 11) is 0. The van der Waals surface area contributed by atoms with Gasteiger partial charge < -0.3 is 9.73 Å².